The molecule has 1 saturated heterocycles. The SMILES string of the molecule is CO[C@H]1C=C(C(=O)O)N2C(=O)[C@H]([C@@H](C)O)[C@@H]12. The van der Waals surface area contributed by atoms with Crippen molar-refractivity contribution in [2.24, 2.45) is 5.92 Å². The Bertz CT molecular complexity index is 375. The van der Waals surface area contributed by atoms with Gasteiger partial charge in [0, 0.05) is 7.11 Å². The van der Waals surface area contributed by atoms with Gasteiger partial charge in [-0.2, -0.15) is 0 Å². The van der Waals surface area contributed by atoms with Gasteiger partial charge >= 0.3 is 5.97 Å². The van der Waals surface area contributed by atoms with Crippen molar-refractivity contribution >= 4 is 11.9 Å². The number of carbonyl (C=O) groups is 2. The van der Waals surface area contributed by atoms with Gasteiger partial charge in [-0.15, -0.1) is 0 Å². The quantitative estimate of drug-likeness (QED) is 0.616. The van der Waals surface area contributed by atoms with Gasteiger partial charge in [-0.05, 0) is 13.0 Å². The molecule has 4 atom stereocenters. The number of ether oxygens (including phenoxy) is 1. The fourth-order valence-electron chi connectivity index (χ4n) is 2.37. The van der Waals surface area contributed by atoms with Gasteiger partial charge in [0.1, 0.15) is 5.70 Å². The van der Waals surface area contributed by atoms with Gasteiger partial charge < -0.3 is 14.9 Å². The Labute approximate surface area is 92.1 Å². The number of β-lactam (4-membered cyclic amide) rings is 1. The van der Waals surface area contributed by atoms with Crippen LogP contribution in [-0.4, -0.2) is 52.3 Å². The van der Waals surface area contributed by atoms with Crippen LogP contribution in [0.3, 0.4) is 0 Å². The van der Waals surface area contributed by atoms with Gasteiger partial charge in [0.05, 0.1) is 24.2 Å². The summed E-state index contributed by atoms with van der Waals surface area (Å²) in [7, 11) is 1.45. The van der Waals surface area contributed by atoms with Crippen molar-refractivity contribution in [3.05, 3.63) is 11.8 Å². The molecule has 1 fully saturated rings. The zero-order chi connectivity index (χ0) is 12.0. The van der Waals surface area contributed by atoms with E-state index in [0.717, 1.165) is 0 Å². The maximum absolute atomic E-state index is 11.7. The molecule has 16 heavy (non-hydrogen) atoms. The Morgan fingerprint density at radius 3 is 2.69 bits per heavy atom. The third kappa shape index (κ3) is 1.27. The number of rotatable bonds is 3. The van der Waals surface area contributed by atoms with Crippen LogP contribution >= 0.6 is 0 Å². The predicted molar refractivity (Wildman–Crippen MR) is 52.3 cm³/mol. The molecule has 88 valence electrons. The molecule has 2 aliphatic heterocycles. The minimum atomic E-state index is -1.15. The summed E-state index contributed by atoms with van der Waals surface area (Å²) in [6.45, 7) is 1.52. The maximum Gasteiger partial charge on any atom is 0.352 e. The number of carboxylic acids is 1. The van der Waals surface area contributed by atoms with E-state index in [1.807, 2.05) is 0 Å². The van der Waals surface area contributed by atoms with Gasteiger partial charge in [0.15, 0.2) is 0 Å². The number of carboxylic acid groups (broad SMARTS) is 1. The second-order valence-electron chi connectivity index (χ2n) is 4.02. The minimum Gasteiger partial charge on any atom is -0.477 e. The van der Waals surface area contributed by atoms with E-state index >= 15 is 0 Å². The topological polar surface area (TPSA) is 87.1 Å². The number of nitrogens with zero attached hydrogens (tertiary/aromatic N) is 1. The first-order chi connectivity index (χ1) is 7.49. The summed E-state index contributed by atoms with van der Waals surface area (Å²) in [4.78, 5) is 23.8. The number of aliphatic carboxylic acids is 1. The standard InChI is InChI=1S/C10H13NO5/c1-4(12)7-8-6(16-2)3-5(10(14)15)11(8)9(7)13/h3-4,6-8,12H,1-2H3,(H,14,15)/t4-,6+,7-,8-/m1/s1. The lowest BCUT2D eigenvalue weighted by Crippen LogP contribution is -2.65. The lowest BCUT2D eigenvalue weighted by Gasteiger charge is -2.46. The van der Waals surface area contributed by atoms with E-state index in [9.17, 15) is 14.7 Å². The molecule has 0 bridgehead atoms. The second kappa shape index (κ2) is 3.57. The number of methoxy groups -OCH3 is 1. The highest BCUT2D eigenvalue weighted by Crippen LogP contribution is 2.41. The number of aliphatic hydroxyl groups is 1. The number of amides is 1. The van der Waals surface area contributed by atoms with Crippen molar-refractivity contribution in [3.8, 4) is 0 Å². The highest BCUT2D eigenvalue weighted by Gasteiger charge is 2.58. The van der Waals surface area contributed by atoms with Crippen LogP contribution in [0.2, 0.25) is 0 Å². The Morgan fingerprint density at radius 2 is 2.25 bits per heavy atom. The van der Waals surface area contributed by atoms with Gasteiger partial charge in [0.25, 0.3) is 0 Å². The normalized spacial score (nSPS) is 34.2. The molecular weight excluding hydrogens is 214 g/mol. The number of hydrogen-bond acceptors (Lipinski definition) is 4. The molecule has 0 aromatic heterocycles. The third-order valence-electron chi connectivity index (χ3n) is 3.12. The molecule has 1 amide bonds. The summed E-state index contributed by atoms with van der Waals surface area (Å²) in [6.07, 6.45) is 0.157. The molecule has 2 N–H and O–H groups in total. The van der Waals surface area contributed by atoms with Gasteiger partial charge in [-0.3, -0.25) is 9.69 Å². The highest BCUT2D eigenvalue weighted by molar-refractivity contribution is 5.99. The molecular formula is C10H13NO5. The first-order valence-electron chi connectivity index (χ1n) is 4.98. The molecule has 0 radical (unpaired) electrons. The third-order valence-corrected chi connectivity index (χ3v) is 3.12. The molecule has 6 nitrogen and oxygen atoms in total. The molecule has 2 rings (SSSR count). The van der Waals surface area contributed by atoms with E-state index in [4.69, 9.17) is 9.84 Å². The predicted octanol–water partition coefficient (Wildman–Crippen LogP) is -0.809. The number of fused-ring (bicyclic) bond motifs is 1. The summed E-state index contributed by atoms with van der Waals surface area (Å²) in [6, 6.07) is -0.386. The maximum atomic E-state index is 11.7. The van der Waals surface area contributed by atoms with E-state index in [-0.39, 0.29) is 17.6 Å². The number of hydrogen-bond donors (Lipinski definition) is 2. The average Bonchev–Trinajstić information content (AvgIpc) is 2.51. The Hall–Kier alpha value is -1.40. The summed E-state index contributed by atoms with van der Waals surface area (Å²) in [5.41, 5.74) is -0.0567. The van der Waals surface area contributed by atoms with E-state index in [1.54, 1.807) is 0 Å². The molecule has 0 aromatic rings. The second-order valence-corrected chi connectivity index (χ2v) is 4.02. The van der Waals surface area contributed by atoms with E-state index in [0.29, 0.717) is 0 Å². The first-order valence-corrected chi connectivity index (χ1v) is 4.98. The molecule has 6 heteroatoms. The summed E-state index contributed by atoms with van der Waals surface area (Å²) >= 11 is 0. The van der Waals surface area contributed by atoms with Gasteiger partial charge in [-0.25, -0.2) is 4.79 Å². The average molecular weight is 227 g/mol. The van der Waals surface area contributed by atoms with Crippen molar-refractivity contribution in [3.63, 3.8) is 0 Å². The van der Waals surface area contributed by atoms with Crippen molar-refractivity contribution in [2.45, 2.75) is 25.2 Å². The van der Waals surface area contributed by atoms with Crippen molar-refractivity contribution < 1.29 is 24.5 Å². The van der Waals surface area contributed by atoms with Gasteiger partial charge in [-0.1, -0.05) is 0 Å². The Balaban J connectivity index is 2.28. The van der Waals surface area contributed by atoms with E-state index in [1.165, 1.54) is 25.0 Å². The fraction of sp³-hybridized carbons (Fsp3) is 0.600. The molecule has 0 spiro atoms. The molecule has 2 aliphatic rings. The zero-order valence-corrected chi connectivity index (χ0v) is 8.95. The van der Waals surface area contributed by atoms with E-state index < -0.39 is 24.1 Å². The van der Waals surface area contributed by atoms with E-state index in [2.05, 4.69) is 0 Å². The fourth-order valence-corrected chi connectivity index (χ4v) is 2.37. The molecule has 0 unspecified atom stereocenters. The van der Waals surface area contributed by atoms with Crippen LogP contribution in [-0.2, 0) is 14.3 Å². The first kappa shape index (κ1) is 11.1. The van der Waals surface area contributed by atoms with Gasteiger partial charge in [0.2, 0.25) is 5.91 Å². The number of aliphatic hydroxyl groups excluding tert-OH is 1. The summed E-state index contributed by atoms with van der Waals surface area (Å²) < 4.78 is 5.11. The Morgan fingerprint density at radius 1 is 1.62 bits per heavy atom. The molecule has 0 saturated carbocycles. The lowest BCUT2D eigenvalue weighted by molar-refractivity contribution is -0.166. The van der Waals surface area contributed by atoms with Crippen molar-refractivity contribution in [2.75, 3.05) is 7.11 Å². The summed E-state index contributed by atoms with van der Waals surface area (Å²) in [5.74, 6) is -2.08. The van der Waals surface area contributed by atoms with Crippen LogP contribution in [0, 0.1) is 5.92 Å². The number of carbonyl (C=O) groups excluding carboxylic acids is 1. The smallest absolute Gasteiger partial charge is 0.352 e. The molecule has 0 aromatic carbocycles. The monoisotopic (exact) mass is 227 g/mol. The zero-order valence-electron chi connectivity index (χ0n) is 8.95. The van der Waals surface area contributed by atoms with Crippen molar-refractivity contribution in [1.29, 1.82) is 0 Å². The van der Waals surface area contributed by atoms with Crippen LogP contribution in [0.5, 0.6) is 0 Å². The minimum absolute atomic E-state index is 0.0567. The summed E-state index contributed by atoms with van der Waals surface area (Å²) in [5, 5.41) is 18.4. The largest absolute Gasteiger partial charge is 0.477 e. The Kier molecular flexibility index (Phi) is 2.47. The van der Waals surface area contributed by atoms with Crippen LogP contribution in [0.4, 0.5) is 0 Å². The lowest BCUT2D eigenvalue weighted by atomic mass is 9.82. The molecule has 0 aliphatic carbocycles. The van der Waals surface area contributed by atoms with Crippen LogP contribution in [0.1, 0.15) is 6.92 Å². The van der Waals surface area contributed by atoms with Crippen molar-refractivity contribution in [1.82, 2.24) is 4.90 Å². The highest BCUT2D eigenvalue weighted by atomic mass is 16.5. The van der Waals surface area contributed by atoms with Crippen LogP contribution < -0.4 is 0 Å². The van der Waals surface area contributed by atoms with Crippen LogP contribution in [0.25, 0.3) is 0 Å². The van der Waals surface area contributed by atoms with Crippen LogP contribution in [0.15, 0.2) is 11.8 Å². The molecule has 2 heterocycles.